The van der Waals surface area contributed by atoms with Crippen LogP contribution in [-0.2, 0) is 15.0 Å². The van der Waals surface area contributed by atoms with E-state index in [2.05, 4.69) is 5.32 Å². The number of carbonyl (C=O) groups excluding carboxylic acids is 1. The monoisotopic (exact) mass is 222 g/mol. The lowest BCUT2D eigenvalue weighted by atomic mass is 10.2. The van der Waals surface area contributed by atoms with E-state index >= 15 is 0 Å². The standard InChI is InChI=1S/C6H14N4O3S/c7-6(11)3-9-5-1-2-10(4-5)14(8,12)13/h5,9H,1-4H2,(H2,7,11)(H2,8,12,13). The van der Waals surface area contributed by atoms with Gasteiger partial charge in [0.25, 0.3) is 10.2 Å². The Morgan fingerprint density at radius 3 is 2.64 bits per heavy atom. The van der Waals surface area contributed by atoms with Crippen LogP contribution >= 0.6 is 0 Å². The number of hydrogen-bond donors (Lipinski definition) is 3. The van der Waals surface area contributed by atoms with Gasteiger partial charge < -0.3 is 11.1 Å². The summed E-state index contributed by atoms with van der Waals surface area (Å²) in [6.45, 7) is 0.741. The summed E-state index contributed by atoms with van der Waals surface area (Å²) in [4.78, 5) is 10.4. The molecule has 82 valence electrons. The quantitative estimate of drug-likeness (QED) is 0.481. The fourth-order valence-electron chi connectivity index (χ4n) is 1.37. The number of hydrogen-bond acceptors (Lipinski definition) is 4. The largest absolute Gasteiger partial charge is 0.369 e. The van der Waals surface area contributed by atoms with Crippen LogP contribution < -0.4 is 16.2 Å². The molecule has 1 aliphatic rings. The molecule has 0 aromatic carbocycles. The van der Waals surface area contributed by atoms with Gasteiger partial charge in [-0.25, -0.2) is 5.14 Å². The molecular formula is C6H14N4O3S. The molecule has 1 saturated heterocycles. The molecule has 0 saturated carbocycles. The van der Waals surface area contributed by atoms with E-state index in [4.69, 9.17) is 10.9 Å². The molecule has 7 nitrogen and oxygen atoms in total. The minimum Gasteiger partial charge on any atom is -0.369 e. The van der Waals surface area contributed by atoms with Gasteiger partial charge in [-0.1, -0.05) is 0 Å². The zero-order chi connectivity index (χ0) is 10.8. The highest BCUT2D eigenvalue weighted by Crippen LogP contribution is 2.10. The summed E-state index contributed by atoms with van der Waals surface area (Å²) >= 11 is 0. The number of rotatable bonds is 4. The van der Waals surface area contributed by atoms with Crippen molar-refractivity contribution in [2.45, 2.75) is 12.5 Å². The summed E-state index contributed by atoms with van der Waals surface area (Å²) in [5.41, 5.74) is 4.93. The number of nitrogens with two attached hydrogens (primary N) is 2. The first-order valence-corrected chi connectivity index (χ1v) is 5.69. The maximum Gasteiger partial charge on any atom is 0.276 e. The van der Waals surface area contributed by atoms with Gasteiger partial charge in [0, 0.05) is 19.1 Å². The molecule has 1 atom stereocenters. The second kappa shape index (κ2) is 4.22. The van der Waals surface area contributed by atoms with Gasteiger partial charge in [-0.15, -0.1) is 0 Å². The molecule has 0 radical (unpaired) electrons. The second-order valence-electron chi connectivity index (χ2n) is 3.24. The first kappa shape index (κ1) is 11.4. The predicted molar refractivity (Wildman–Crippen MR) is 50.3 cm³/mol. The van der Waals surface area contributed by atoms with Crippen LogP contribution in [0.1, 0.15) is 6.42 Å². The molecular weight excluding hydrogens is 208 g/mol. The normalized spacial score (nSPS) is 23.9. The Hall–Kier alpha value is -0.700. The summed E-state index contributed by atoms with van der Waals surface area (Å²) in [7, 11) is -3.60. The van der Waals surface area contributed by atoms with Gasteiger partial charge in [0.05, 0.1) is 6.54 Å². The van der Waals surface area contributed by atoms with Crippen molar-refractivity contribution < 1.29 is 13.2 Å². The molecule has 0 aliphatic carbocycles. The van der Waals surface area contributed by atoms with Gasteiger partial charge in [0.15, 0.2) is 0 Å². The van der Waals surface area contributed by atoms with Gasteiger partial charge in [-0.3, -0.25) is 4.79 Å². The minimum atomic E-state index is -3.60. The van der Waals surface area contributed by atoms with Crippen molar-refractivity contribution in [3.8, 4) is 0 Å². The molecule has 0 aromatic rings. The third-order valence-corrected chi connectivity index (χ3v) is 3.13. The number of nitrogens with one attached hydrogen (secondary N) is 1. The van der Waals surface area contributed by atoms with Crippen LogP contribution in [0.2, 0.25) is 0 Å². The molecule has 0 aromatic heterocycles. The fraction of sp³-hybridized carbons (Fsp3) is 0.833. The number of amides is 1. The van der Waals surface area contributed by atoms with E-state index in [-0.39, 0.29) is 12.6 Å². The van der Waals surface area contributed by atoms with Crippen molar-refractivity contribution in [1.82, 2.24) is 9.62 Å². The summed E-state index contributed by atoms with van der Waals surface area (Å²) in [5.74, 6) is -0.459. The molecule has 1 unspecified atom stereocenters. The third-order valence-electron chi connectivity index (χ3n) is 2.08. The molecule has 1 fully saturated rings. The Morgan fingerprint density at radius 1 is 1.57 bits per heavy atom. The Labute approximate surface area is 82.6 Å². The molecule has 0 bridgehead atoms. The van der Waals surface area contributed by atoms with Crippen molar-refractivity contribution in [1.29, 1.82) is 0 Å². The van der Waals surface area contributed by atoms with Crippen molar-refractivity contribution >= 4 is 16.1 Å². The van der Waals surface area contributed by atoms with Crippen LogP contribution in [0.15, 0.2) is 0 Å². The number of primary amides is 1. The Kier molecular flexibility index (Phi) is 3.43. The van der Waals surface area contributed by atoms with Gasteiger partial charge in [-0.2, -0.15) is 12.7 Å². The molecule has 0 spiro atoms. The second-order valence-corrected chi connectivity index (χ2v) is 4.78. The molecule has 1 aliphatic heterocycles. The fourth-order valence-corrected chi connectivity index (χ4v) is 2.12. The molecule has 1 heterocycles. The first-order valence-electron chi connectivity index (χ1n) is 4.19. The molecule has 5 N–H and O–H groups in total. The lowest BCUT2D eigenvalue weighted by Crippen LogP contribution is -2.40. The Balaban J connectivity index is 2.38. The Morgan fingerprint density at radius 2 is 2.21 bits per heavy atom. The zero-order valence-corrected chi connectivity index (χ0v) is 8.46. The van der Waals surface area contributed by atoms with Gasteiger partial charge in [0.2, 0.25) is 5.91 Å². The lowest BCUT2D eigenvalue weighted by molar-refractivity contribution is -0.117. The van der Waals surface area contributed by atoms with Crippen LogP contribution in [0.25, 0.3) is 0 Å². The SMILES string of the molecule is NC(=O)CNC1CCN(S(N)(=O)=O)C1. The number of nitrogens with zero attached hydrogens (tertiary/aromatic N) is 1. The van der Waals surface area contributed by atoms with Crippen LogP contribution in [0.5, 0.6) is 0 Å². The molecule has 1 amide bonds. The molecule has 14 heavy (non-hydrogen) atoms. The van der Waals surface area contributed by atoms with E-state index < -0.39 is 16.1 Å². The van der Waals surface area contributed by atoms with Crippen LogP contribution in [0.3, 0.4) is 0 Å². The summed E-state index contributed by atoms with van der Waals surface area (Å²) in [6.07, 6.45) is 0.643. The van der Waals surface area contributed by atoms with Crippen molar-refractivity contribution in [2.75, 3.05) is 19.6 Å². The molecule has 8 heteroatoms. The van der Waals surface area contributed by atoms with Crippen LogP contribution in [0, 0.1) is 0 Å². The maximum absolute atomic E-state index is 10.9. The van der Waals surface area contributed by atoms with E-state index in [1.165, 1.54) is 4.31 Å². The van der Waals surface area contributed by atoms with Gasteiger partial charge in [-0.05, 0) is 6.42 Å². The first-order chi connectivity index (χ1) is 6.39. The van der Waals surface area contributed by atoms with Crippen LogP contribution in [0.4, 0.5) is 0 Å². The van der Waals surface area contributed by atoms with E-state index in [9.17, 15) is 13.2 Å². The van der Waals surface area contributed by atoms with E-state index in [1.807, 2.05) is 0 Å². The highest BCUT2D eigenvalue weighted by atomic mass is 32.2. The highest BCUT2D eigenvalue weighted by Gasteiger charge is 2.28. The highest BCUT2D eigenvalue weighted by molar-refractivity contribution is 7.86. The van der Waals surface area contributed by atoms with E-state index in [0.29, 0.717) is 19.5 Å². The predicted octanol–water partition coefficient (Wildman–Crippen LogP) is -2.66. The molecule has 1 rings (SSSR count). The van der Waals surface area contributed by atoms with E-state index in [0.717, 1.165) is 0 Å². The van der Waals surface area contributed by atoms with Crippen molar-refractivity contribution in [3.05, 3.63) is 0 Å². The Bertz CT molecular complexity index is 315. The maximum atomic E-state index is 10.9. The van der Waals surface area contributed by atoms with Crippen molar-refractivity contribution in [2.24, 2.45) is 10.9 Å². The third kappa shape index (κ3) is 3.22. The topological polar surface area (TPSA) is 119 Å². The van der Waals surface area contributed by atoms with Gasteiger partial charge >= 0.3 is 0 Å². The summed E-state index contributed by atoms with van der Waals surface area (Å²) < 4.78 is 23.0. The summed E-state index contributed by atoms with van der Waals surface area (Å²) in [5, 5.41) is 7.78. The lowest BCUT2D eigenvalue weighted by Gasteiger charge is -2.13. The van der Waals surface area contributed by atoms with Crippen LogP contribution in [-0.4, -0.2) is 44.3 Å². The van der Waals surface area contributed by atoms with Crippen molar-refractivity contribution in [3.63, 3.8) is 0 Å². The number of carbonyl (C=O) groups is 1. The summed E-state index contributed by atoms with van der Waals surface area (Å²) in [6, 6.07) is -0.0409. The average molecular weight is 222 g/mol. The van der Waals surface area contributed by atoms with E-state index in [1.54, 1.807) is 0 Å². The average Bonchev–Trinajstić information content (AvgIpc) is 2.47. The van der Waals surface area contributed by atoms with Gasteiger partial charge in [0.1, 0.15) is 0 Å². The minimum absolute atomic E-state index is 0.0409. The zero-order valence-electron chi connectivity index (χ0n) is 7.64. The smallest absolute Gasteiger partial charge is 0.276 e.